The lowest BCUT2D eigenvalue weighted by Gasteiger charge is -2.19. The van der Waals surface area contributed by atoms with Crippen molar-refractivity contribution in [3.63, 3.8) is 0 Å². The SMILES string of the molecule is O=C(O)CCC(=O)O[C@@H](COc1ccc(CC2SC(=O)NC2=O)cc1)c1cccc(Cl)c1. The second kappa shape index (κ2) is 11.0. The van der Waals surface area contributed by atoms with Gasteiger partial charge in [-0.3, -0.25) is 24.5 Å². The summed E-state index contributed by atoms with van der Waals surface area (Å²) in [4.78, 5) is 45.7. The minimum Gasteiger partial charge on any atom is -0.489 e. The molecule has 2 N–H and O–H groups in total. The molecule has 2 aromatic rings. The number of carbonyl (C=O) groups excluding carboxylic acids is 3. The first-order valence-electron chi connectivity index (χ1n) is 9.70. The molecule has 0 radical (unpaired) electrons. The van der Waals surface area contributed by atoms with Gasteiger partial charge in [0.2, 0.25) is 5.91 Å². The van der Waals surface area contributed by atoms with Gasteiger partial charge in [0.1, 0.15) is 12.4 Å². The van der Waals surface area contributed by atoms with Gasteiger partial charge in [0.25, 0.3) is 5.24 Å². The Labute approximate surface area is 193 Å². The van der Waals surface area contributed by atoms with Gasteiger partial charge < -0.3 is 14.6 Å². The second-order valence-corrected chi connectivity index (χ2v) is 8.58. The number of esters is 1. The van der Waals surface area contributed by atoms with Crippen molar-refractivity contribution in [3.05, 3.63) is 64.7 Å². The third-order valence-electron chi connectivity index (χ3n) is 4.55. The van der Waals surface area contributed by atoms with Crippen LogP contribution in [0, 0.1) is 0 Å². The Bertz CT molecular complexity index is 1010. The number of carbonyl (C=O) groups is 4. The average molecular weight is 478 g/mol. The molecule has 0 aromatic heterocycles. The van der Waals surface area contributed by atoms with Gasteiger partial charge in [-0.05, 0) is 41.8 Å². The van der Waals surface area contributed by atoms with Crippen LogP contribution in [0.4, 0.5) is 4.79 Å². The third kappa shape index (κ3) is 7.00. The molecule has 0 aliphatic carbocycles. The number of halogens is 1. The Morgan fingerprint density at radius 1 is 1.12 bits per heavy atom. The first-order valence-corrected chi connectivity index (χ1v) is 11.0. The van der Waals surface area contributed by atoms with Gasteiger partial charge in [-0.1, -0.05) is 47.6 Å². The molecule has 1 aliphatic heterocycles. The number of hydrogen-bond donors (Lipinski definition) is 2. The molecule has 168 valence electrons. The van der Waals surface area contributed by atoms with Crippen LogP contribution in [0.2, 0.25) is 5.02 Å². The zero-order valence-corrected chi connectivity index (χ0v) is 18.4. The fourth-order valence-corrected chi connectivity index (χ4v) is 4.03. The summed E-state index contributed by atoms with van der Waals surface area (Å²) in [5.74, 6) is -1.52. The van der Waals surface area contributed by atoms with Crippen LogP contribution in [0.1, 0.15) is 30.1 Å². The zero-order valence-electron chi connectivity index (χ0n) is 16.8. The van der Waals surface area contributed by atoms with E-state index >= 15 is 0 Å². The van der Waals surface area contributed by atoms with E-state index in [1.54, 1.807) is 48.5 Å². The molecule has 0 bridgehead atoms. The molecule has 10 heteroatoms. The number of ether oxygens (including phenoxy) is 2. The van der Waals surface area contributed by atoms with Crippen molar-refractivity contribution >= 4 is 46.4 Å². The van der Waals surface area contributed by atoms with E-state index in [-0.39, 0.29) is 30.6 Å². The van der Waals surface area contributed by atoms with E-state index in [0.717, 1.165) is 17.3 Å². The van der Waals surface area contributed by atoms with Crippen LogP contribution in [0.15, 0.2) is 48.5 Å². The van der Waals surface area contributed by atoms with Crippen molar-refractivity contribution in [3.8, 4) is 5.75 Å². The maximum absolute atomic E-state index is 12.1. The lowest BCUT2D eigenvalue weighted by molar-refractivity contribution is -0.153. The first kappa shape index (κ1) is 23.6. The lowest BCUT2D eigenvalue weighted by Crippen LogP contribution is -2.25. The number of hydrogen-bond acceptors (Lipinski definition) is 7. The van der Waals surface area contributed by atoms with Gasteiger partial charge >= 0.3 is 11.9 Å². The van der Waals surface area contributed by atoms with Gasteiger partial charge in [-0.15, -0.1) is 0 Å². The average Bonchev–Trinajstić information content (AvgIpc) is 3.07. The molecular weight excluding hydrogens is 458 g/mol. The Kier molecular flexibility index (Phi) is 8.13. The highest BCUT2D eigenvalue weighted by atomic mass is 35.5. The fourth-order valence-electron chi connectivity index (χ4n) is 2.97. The monoisotopic (exact) mass is 477 g/mol. The lowest BCUT2D eigenvalue weighted by atomic mass is 10.1. The molecular formula is C22H20ClNO7S. The number of carboxylic acid groups (broad SMARTS) is 1. The van der Waals surface area contributed by atoms with Gasteiger partial charge in [-0.25, -0.2) is 0 Å². The third-order valence-corrected chi connectivity index (χ3v) is 5.77. The van der Waals surface area contributed by atoms with Crippen molar-refractivity contribution in [1.82, 2.24) is 5.32 Å². The minimum absolute atomic E-state index is 0.00607. The summed E-state index contributed by atoms with van der Waals surface area (Å²) < 4.78 is 11.2. The van der Waals surface area contributed by atoms with Crippen molar-refractivity contribution in [1.29, 1.82) is 0 Å². The van der Waals surface area contributed by atoms with Crippen LogP contribution < -0.4 is 10.1 Å². The van der Waals surface area contributed by atoms with E-state index in [1.807, 2.05) is 0 Å². The predicted octanol–water partition coefficient (Wildman–Crippen LogP) is 3.76. The number of benzene rings is 2. The molecule has 1 aliphatic rings. The van der Waals surface area contributed by atoms with Crippen LogP contribution in [0.3, 0.4) is 0 Å². The highest BCUT2D eigenvalue weighted by Crippen LogP contribution is 2.26. The molecule has 32 heavy (non-hydrogen) atoms. The topological polar surface area (TPSA) is 119 Å². The quantitative estimate of drug-likeness (QED) is 0.496. The molecule has 2 amide bonds. The zero-order chi connectivity index (χ0) is 23.1. The van der Waals surface area contributed by atoms with Crippen LogP contribution in [0.5, 0.6) is 5.75 Å². The number of imide groups is 1. The molecule has 3 rings (SSSR count). The van der Waals surface area contributed by atoms with Crippen LogP contribution in [-0.4, -0.2) is 40.0 Å². The molecule has 2 atom stereocenters. The van der Waals surface area contributed by atoms with E-state index in [1.165, 1.54) is 0 Å². The molecule has 0 saturated carbocycles. The summed E-state index contributed by atoms with van der Waals surface area (Å²) in [6.07, 6.45) is -0.948. The fraction of sp³-hybridized carbons (Fsp3) is 0.273. The molecule has 8 nitrogen and oxygen atoms in total. The summed E-state index contributed by atoms with van der Waals surface area (Å²) in [6, 6.07) is 13.8. The van der Waals surface area contributed by atoms with Crippen molar-refractivity contribution in [2.45, 2.75) is 30.6 Å². The summed E-state index contributed by atoms with van der Waals surface area (Å²) in [7, 11) is 0. The predicted molar refractivity (Wildman–Crippen MR) is 118 cm³/mol. The van der Waals surface area contributed by atoms with E-state index < -0.39 is 23.3 Å². The number of thioether (sulfide) groups is 1. The normalized spacial score (nSPS) is 16.3. The summed E-state index contributed by atoms with van der Waals surface area (Å²) >= 11 is 7.01. The summed E-state index contributed by atoms with van der Waals surface area (Å²) in [6.45, 7) is -0.00607. The number of amides is 2. The molecule has 0 spiro atoms. The minimum atomic E-state index is -1.09. The number of carboxylic acids is 1. The Hall–Kier alpha value is -3.04. The van der Waals surface area contributed by atoms with Crippen molar-refractivity contribution in [2.24, 2.45) is 0 Å². The maximum atomic E-state index is 12.1. The van der Waals surface area contributed by atoms with Crippen molar-refractivity contribution in [2.75, 3.05) is 6.61 Å². The summed E-state index contributed by atoms with van der Waals surface area (Å²) in [5.41, 5.74) is 1.48. The van der Waals surface area contributed by atoms with Crippen LogP contribution >= 0.6 is 23.4 Å². The highest BCUT2D eigenvalue weighted by Gasteiger charge is 2.31. The number of aliphatic carboxylic acids is 1. The van der Waals surface area contributed by atoms with E-state index in [4.69, 9.17) is 26.2 Å². The Morgan fingerprint density at radius 3 is 2.50 bits per heavy atom. The standard InChI is InChI=1S/C22H20ClNO7S/c23-15-3-1-2-14(11-15)17(31-20(27)9-8-19(25)26)12-30-16-6-4-13(5-7-16)10-18-21(28)24-22(29)32-18/h1-7,11,17-18H,8-10,12H2,(H,25,26)(H,24,28,29)/t17-,18?/m0/s1. The summed E-state index contributed by atoms with van der Waals surface area (Å²) in [5, 5.41) is 10.7. The molecule has 1 unspecified atom stereocenters. The number of nitrogens with one attached hydrogen (secondary N) is 1. The van der Waals surface area contributed by atoms with Gasteiger partial charge in [0.05, 0.1) is 18.1 Å². The largest absolute Gasteiger partial charge is 0.489 e. The molecule has 2 aromatic carbocycles. The first-order chi connectivity index (χ1) is 15.3. The maximum Gasteiger partial charge on any atom is 0.307 e. The van der Waals surface area contributed by atoms with E-state index in [0.29, 0.717) is 22.8 Å². The van der Waals surface area contributed by atoms with Crippen LogP contribution in [-0.2, 0) is 25.5 Å². The van der Waals surface area contributed by atoms with Gasteiger partial charge in [0, 0.05) is 5.02 Å². The van der Waals surface area contributed by atoms with E-state index in [9.17, 15) is 19.2 Å². The Morgan fingerprint density at radius 2 is 1.88 bits per heavy atom. The molecule has 1 heterocycles. The highest BCUT2D eigenvalue weighted by molar-refractivity contribution is 8.15. The van der Waals surface area contributed by atoms with Gasteiger partial charge in [0.15, 0.2) is 6.10 Å². The molecule has 1 saturated heterocycles. The van der Waals surface area contributed by atoms with Crippen molar-refractivity contribution < 1.29 is 33.8 Å². The van der Waals surface area contributed by atoms with Crippen LogP contribution in [0.25, 0.3) is 0 Å². The second-order valence-electron chi connectivity index (χ2n) is 6.97. The smallest absolute Gasteiger partial charge is 0.307 e. The Balaban J connectivity index is 1.62. The van der Waals surface area contributed by atoms with E-state index in [2.05, 4.69) is 5.32 Å². The molecule has 1 fully saturated rings. The number of rotatable bonds is 10. The van der Waals surface area contributed by atoms with Gasteiger partial charge in [-0.2, -0.15) is 0 Å².